The zero-order valence-corrected chi connectivity index (χ0v) is 19.5. The third-order valence-electron chi connectivity index (χ3n) is 6.71. The second kappa shape index (κ2) is 11.1. The second-order valence-electron chi connectivity index (χ2n) is 8.90. The molecule has 0 aromatic heterocycles. The van der Waals surface area contributed by atoms with Gasteiger partial charge < -0.3 is 9.84 Å². The second-order valence-corrected chi connectivity index (χ2v) is 8.90. The molecule has 0 heterocycles. The molecule has 0 bridgehead atoms. The number of rotatable bonds is 7. The number of halogens is 4. The van der Waals surface area contributed by atoms with Crippen molar-refractivity contribution >= 4 is 12.2 Å². The van der Waals surface area contributed by atoms with Crippen molar-refractivity contribution in [3.8, 4) is 16.9 Å². The summed E-state index contributed by atoms with van der Waals surface area (Å²) in [5, 5.41) is 9.30. The molecule has 3 aromatic carbocycles. The molecule has 1 aliphatic rings. The van der Waals surface area contributed by atoms with Gasteiger partial charge in [0, 0.05) is 17.7 Å². The Balaban J connectivity index is 1.50. The molecular formula is C29H28F4O2. The summed E-state index contributed by atoms with van der Waals surface area (Å²) in [6, 6.07) is 12.8. The smallest absolute Gasteiger partial charge is 0.201 e. The zero-order chi connectivity index (χ0) is 24.9. The van der Waals surface area contributed by atoms with E-state index in [1.54, 1.807) is 49.4 Å². The van der Waals surface area contributed by atoms with Crippen LogP contribution in [0.25, 0.3) is 23.3 Å². The van der Waals surface area contributed by atoms with Gasteiger partial charge in [-0.05, 0) is 73.3 Å². The topological polar surface area (TPSA) is 29.5 Å². The lowest BCUT2D eigenvalue weighted by Gasteiger charge is -2.28. The van der Waals surface area contributed by atoms with Gasteiger partial charge in [-0.3, -0.25) is 0 Å². The van der Waals surface area contributed by atoms with E-state index in [0.29, 0.717) is 16.7 Å². The third kappa shape index (κ3) is 5.43. The largest absolute Gasteiger partial charge is 0.491 e. The van der Waals surface area contributed by atoms with Crippen molar-refractivity contribution < 1.29 is 27.4 Å². The molecule has 1 aliphatic carbocycles. The highest BCUT2D eigenvalue weighted by Crippen LogP contribution is 2.38. The fraction of sp³-hybridized carbons (Fsp3) is 0.310. The Morgan fingerprint density at radius 2 is 1.51 bits per heavy atom. The Labute approximate surface area is 202 Å². The van der Waals surface area contributed by atoms with Crippen LogP contribution in [0.5, 0.6) is 5.75 Å². The average Bonchev–Trinajstić information content (AvgIpc) is 2.88. The molecule has 0 radical (unpaired) electrons. The van der Waals surface area contributed by atoms with E-state index in [-0.39, 0.29) is 41.9 Å². The molecule has 184 valence electrons. The van der Waals surface area contributed by atoms with Crippen LogP contribution in [0.2, 0.25) is 0 Å². The molecule has 0 spiro atoms. The summed E-state index contributed by atoms with van der Waals surface area (Å²) in [5.74, 6) is -3.64. The van der Waals surface area contributed by atoms with Crippen LogP contribution in [-0.4, -0.2) is 18.3 Å². The van der Waals surface area contributed by atoms with Crippen molar-refractivity contribution in [3.63, 3.8) is 0 Å². The molecule has 1 fully saturated rings. The van der Waals surface area contributed by atoms with E-state index in [0.717, 1.165) is 25.7 Å². The van der Waals surface area contributed by atoms with Gasteiger partial charge in [0.25, 0.3) is 0 Å². The molecule has 0 atom stereocenters. The summed E-state index contributed by atoms with van der Waals surface area (Å²) in [6.45, 7) is 2.06. The summed E-state index contributed by atoms with van der Waals surface area (Å²) in [7, 11) is 0. The van der Waals surface area contributed by atoms with Gasteiger partial charge in [-0.25, -0.2) is 13.2 Å². The molecule has 0 unspecified atom stereocenters. The molecule has 2 nitrogen and oxygen atoms in total. The van der Waals surface area contributed by atoms with E-state index >= 15 is 0 Å². The number of ether oxygens (including phenoxy) is 1. The van der Waals surface area contributed by atoms with Crippen LogP contribution in [-0.2, 0) is 0 Å². The van der Waals surface area contributed by atoms with E-state index in [4.69, 9.17) is 4.74 Å². The van der Waals surface area contributed by atoms with Crippen molar-refractivity contribution in [3.05, 3.63) is 88.5 Å². The van der Waals surface area contributed by atoms with Crippen molar-refractivity contribution in [1.29, 1.82) is 0 Å². The summed E-state index contributed by atoms with van der Waals surface area (Å²) in [4.78, 5) is 0. The molecule has 1 N–H and O–H groups in total. The predicted octanol–water partition coefficient (Wildman–Crippen LogP) is 7.75. The van der Waals surface area contributed by atoms with E-state index in [9.17, 15) is 22.7 Å². The van der Waals surface area contributed by atoms with Crippen molar-refractivity contribution in [2.45, 2.75) is 38.5 Å². The number of hydrogen-bond donors (Lipinski definition) is 1. The molecule has 4 rings (SSSR count). The van der Waals surface area contributed by atoms with Gasteiger partial charge >= 0.3 is 0 Å². The van der Waals surface area contributed by atoms with Gasteiger partial charge in [0.15, 0.2) is 23.2 Å². The van der Waals surface area contributed by atoms with Crippen molar-refractivity contribution in [1.82, 2.24) is 0 Å². The maximum absolute atomic E-state index is 15.0. The number of aliphatic hydroxyl groups is 1. The molecule has 0 amide bonds. The first kappa shape index (κ1) is 25.0. The highest BCUT2D eigenvalue weighted by atomic mass is 19.2. The van der Waals surface area contributed by atoms with Crippen molar-refractivity contribution in [2.24, 2.45) is 5.92 Å². The summed E-state index contributed by atoms with van der Waals surface area (Å²) < 4.78 is 63.3. The van der Waals surface area contributed by atoms with Crippen molar-refractivity contribution in [2.75, 3.05) is 13.2 Å². The first-order valence-corrected chi connectivity index (χ1v) is 11.9. The molecule has 3 aromatic rings. The first-order chi connectivity index (χ1) is 16.9. The van der Waals surface area contributed by atoms with Gasteiger partial charge in [0.05, 0.1) is 6.61 Å². The highest BCUT2D eigenvalue weighted by molar-refractivity contribution is 5.73. The highest BCUT2D eigenvalue weighted by Gasteiger charge is 2.26. The zero-order valence-electron chi connectivity index (χ0n) is 19.5. The summed E-state index contributed by atoms with van der Waals surface area (Å²) in [5.41, 5.74) is 1.86. The van der Waals surface area contributed by atoms with E-state index in [1.165, 1.54) is 18.2 Å². The first-order valence-electron chi connectivity index (χ1n) is 11.9. The standard InChI is InChI=1S/C29H28F4O2/c1-2-35-25-16-13-22(26(30)29(25)33)12-5-18-3-8-20(9-4-18)23-14-15-24(28(32)27(23)31)21-10-6-19(17-34)7-11-21/h3-5,8-9,12-16,19,21,34H,2,6-7,10-11,17H2,1H3. The van der Waals surface area contributed by atoms with Gasteiger partial charge in [-0.15, -0.1) is 0 Å². The van der Waals surface area contributed by atoms with Gasteiger partial charge in [-0.1, -0.05) is 48.6 Å². The molecule has 6 heteroatoms. The lowest BCUT2D eigenvalue weighted by Crippen LogP contribution is -2.17. The van der Waals surface area contributed by atoms with E-state index in [1.807, 2.05) is 0 Å². The number of aliphatic hydroxyl groups excluding tert-OH is 1. The van der Waals surface area contributed by atoms with Crippen LogP contribution in [0.4, 0.5) is 17.6 Å². The Morgan fingerprint density at radius 3 is 2.17 bits per heavy atom. The Hall–Kier alpha value is -3.12. The van der Waals surface area contributed by atoms with Crippen LogP contribution in [0.3, 0.4) is 0 Å². The monoisotopic (exact) mass is 484 g/mol. The number of hydrogen-bond acceptors (Lipinski definition) is 2. The maximum Gasteiger partial charge on any atom is 0.201 e. The molecule has 0 aliphatic heterocycles. The summed E-state index contributed by atoms with van der Waals surface area (Å²) in [6.07, 6.45) is 6.16. The van der Waals surface area contributed by atoms with Gasteiger partial charge in [0.2, 0.25) is 5.82 Å². The molecular weight excluding hydrogens is 456 g/mol. The van der Waals surface area contributed by atoms with Gasteiger partial charge in [0.1, 0.15) is 0 Å². The summed E-state index contributed by atoms with van der Waals surface area (Å²) >= 11 is 0. The normalized spacial score (nSPS) is 18.2. The molecule has 35 heavy (non-hydrogen) atoms. The fourth-order valence-electron chi connectivity index (χ4n) is 4.66. The minimum absolute atomic E-state index is 0.0401. The Morgan fingerprint density at radius 1 is 0.800 bits per heavy atom. The maximum atomic E-state index is 15.0. The van der Waals surface area contributed by atoms with Crippen LogP contribution < -0.4 is 4.74 Å². The SMILES string of the molecule is CCOc1ccc(C=Cc2ccc(-c3ccc(C4CCC(CO)CC4)c(F)c3F)cc2)c(F)c1F. The Kier molecular flexibility index (Phi) is 7.91. The van der Waals surface area contributed by atoms with Crippen LogP contribution in [0.15, 0.2) is 48.5 Å². The fourth-order valence-corrected chi connectivity index (χ4v) is 4.66. The van der Waals surface area contributed by atoms with Gasteiger partial charge in [-0.2, -0.15) is 4.39 Å². The predicted molar refractivity (Wildman–Crippen MR) is 130 cm³/mol. The Bertz CT molecular complexity index is 1200. The van der Waals surface area contributed by atoms with E-state index < -0.39 is 23.3 Å². The minimum Gasteiger partial charge on any atom is -0.491 e. The third-order valence-corrected chi connectivity index (χ3v) is 6.71. The molecule has 1 saturated carbocycles. The van der Waals surface area contributed by atoms with Crippen LogP contribution in [0.1, 0.15) is 55.2 Å². The minimum atomic E-state index is -1.04. The number of benzene rings is 3. The van der Waals surface area contributed by atoms with Crippen LogP contribution >= 0.6 is 0 Å². The average molecular weight is 485 g/mol. The van der Waals surface area contributed by atoms with E-state index in [2.05, 4.69) is 0 Å². The van der Waals surface area contributed by atoms with Crippen LogP contribution in [0, 0.1) is 29.2 Å². The lowest BCUT2D eigenvalue weighted by atomic mass is 9.78. The quantitative estimate of drug-likeness (QED) is 0.274. The molecule has 0 saturated heterocycles. The lowest BCUT2D eigenvalue weighted by molar-refractivity contribution is 0.181.